The molecule has 0 unspecified atom stereocenters. The zero-order valence-electron chi connectivity index (χ0n) is 9.54. The molecule has 0 fully saturated rings. The van der Waals surface area contributed by atoms with Gasteiger partial charge >= 0.3 is 0 Å². The number of nitrogens with one attached hydrogen (secondary N) is 1. The van der Waals surface area contributed by atoms with Crippen molar-refractivity contribution >= 4 is 27.7 Å². The van der Waals surface area contributed by atoms with E-state index in [1.807, 2.05) is 17.8 Å². The third-order valence-electron chi connectivity index (χ3n) is 2.05. The van der Waals surface area contributed by atoms with Crippen LogP contribution < -0.4 is 5.32 Å². The first-order valence-electron chi connectivity index (χ1n) is 5.41. The van der Waals surface area contributed by atoms with Crippen molar-refractivity contribution in [3.63, 3.8) is 0 Å². The first kappa shape index (κ1) is 14.0. The molecule has 90 valence electrons. The van der Waals surface area contributed by atoms with Crippen LogP contribution >= 0.6 is 27.7 Å². The van der Waals surface area contributed by atoms with E-state index < -0.39 is 0 Å². The molecule has 4 heteroatoms. The van der Waals surface area contributed by atoms with Gasteiger partial charge in [-0.05, 0) is 31.2 Å². The lowest BCUT2D eigenvalue weighted by Gasteiger charge is -2.04. The van der Waals surface area contributed by atoms with Crippen LogP contribution in [0, 0.1) is 0 Å². The van der Waals surface area contributed by atoms with Crippen molar-refractivity contribution in [3.05, 3.63) is 28.7 Å². The fourth-order valence-electron chi connectivity index (χ4n) is 1.26. The van der Waals surface area contributed by atoms with Crippen molar-refractivity contribution in [3.8, 4) is 0 Å². The molecule has 16 heavy (non-hydrogen) atoms. The van der Waals surface area contributed by atoms with Crippen LogP contribution in [-0.2, 0) is 4.74 Å². The van der Waals surface area contributed by atoms with Gasteiger partial charge in [-0.3, -0.25) is 0 Å². The second kappa shape index (κ2) is 9.05. The monoisotopic (exact) mass is 303 g/mol. The zero-order valence-corrected chi connectivity index (χ0v) is 11.9. The lowest BCUT2D eigenvalue weighted by Crippen LogP contribution is -2.19. The van der Waals surface area contributed by atoms with E-state index in [9.17, 15) is 0 Å². The lowest BCUT2D eigenvalue weighted by molar-refractivity contribution is 0.194. The van der Waals surface area contributed by atoms with Crippen molar-refractivity contribution in [1.29, 1.82) is 0 Å². The molecule has 1 N–H and O–H groups in total. The number of hydrogen-bond donors (Lipinski definition) is 1. The number of ether oxygens (including phenoxy) is 1. The van der Waals surface area contributed by atoms with Crippen molar-refractivity contribution in [2.75, 3.05) is 32.6 Å². The molecule has 1 aromatic carbocycles. The summed E-state index contributed by atoms with van der Waals surface area (Å²) in [6.07, 6.45) is 1.08. The second-order valence-electron chi connectivity index (χ2n) is 3.40. The molecule has 0 saturated carbocycles. The standard InChI is InChI=1S/C12H18BrNOS/c1-15-8-3-6-14-7-9-16-12-5-2-4-11(13)10-12/h2,4-5,10,14H,3,6-9H2,1H3. The lowest BCUT2D eigenvalue weighted by atomic mass is 10.4. The number of thioether (sulfide) groups is 1. The minimum atomic E-state index is 0.839. The highest BCUT2D eigenvalue weighted by molar-refractivity contribution is 9.10. The van der Waals surface area contributed by atoms with Crippen LogP contribution in [0.2, 0.25) is 0 Å². The van der Waals surface area contributed by atoms with Crippen molar-refractivity contribution in [1.82, 2.24) is 5.32 Å². The van der Waals surface area contributed by atoms with Crippen LogP contribution in [0.4, 0.5) is 0 Å². The Morgan fingerprint density at radius 2 is 2.25 bits per heavy atom. The molecule has 0 aliphatic rings. The molecule has 0 aliphatic heterocycles. The van der Waals surface area contributed by atoms with Gasteiger partial charge in [0.05, 0.1) is 0 Å². The van der Waals surface area contributed by atoms with E-state index in [1.165, 1.54) is 4.90 Å². The van der Waals surface area contributed by atoms with Gasteiger partial charge < -0.3 is 10.1 Å². The maximum atomic E-state index is 4.98. The van der Waals surface area contributed by atoms with E-state index in [4.69, 9.17) is 4.74 Å². The molecule has 0 radical (unpaired) electrons. The van der Waals surface area contributed by atoms with Gasteiger partial charge in [0.25, 0.3) is 0 Å². The number of halogens is 1. The van der Waals surface area contributed by atoms with E-state index in [1.54, 1.807) is 7.11 Å². The predicted octanol–water partition coefficient (Wildman–Crippen LogP) is 3.17. The number of hydrogen-bond acceptors (Lipinski definition) is 3. The maximum Gasteiger partial charge on any atom is 0.0474 e. The third-order valence-corrected chi connectivity index (χ3v) is 3.53. The predicted molar refractivity (Wildman–Crippen MR) is 74.2 cm³/mol. The van der Waals surface area contributed by atoms with E-state index >= 15 is 0 Å². The van der Waals surface area contributed by atoms with Crippen LogP contribution in [0.3, 0.4) is 0 Å². The highest BCUT2D eigenvalue weighted by atomic mass is 79.9. The Hall–Kier alpha value is -0.0300. The molecule has 1 rings (SSSR count). The minimum Gasteiger partial charge on any atom is -0.385 e. The molecule has 0 atom stereocenters. The average molecular weight is 304 g/mol. The van der Waals surface area contributed by atoms with Crippen LogP contribution in [0.1, 0.15) is 6.42 Å². The average Bonchev–Trinajstić information content (AvgIpc) is 2.28. The highest BCUT2D eigenvalue weighted by Crippen LogP contribution is 2.21. The van der Waals surface area contributed by atoms with E-state index in [0.29, 0.717) is 0 Å². The number of rotatable bonds is 8. The summed E-state index contributed by atoms with van der Waals surface area (Å²) in [6, 6.07) is 8.40. The summed E-state index contributed by atoms with van der Waals surface area (Å²) in [5.74, 6) is 1.10. The summed E-state index contributed by atoms with van der Waals surface area (Å²) >= 11 is 5.35. The first-order valence-corrected chi connectivity index (χ1v) is 7.19. The normalized spacial score (nSPS) is 10.6. The molecular formula is C12H18BrNOS. The Bertz CT molecular complexity index is 296. The fourth-order valence-corrected chi connectivity index (χ4v) is 2.68. The van der Waals surface area contributed by atoms with Crippen LogP contribution in [0.25, 0.3) is 0 Å². The topological polar surface area (TPSA) is 21.3 Å². The molecule has 0 aromatic heterocycles. The molecule has 0 bridgehead atoms. The Labute approximate surface area is 110 Å². The quantitative estimate of drug-likeness (QED) is 0.589. The van der Waals surface area contributed by atoms with Crippen LogP contribution in [0.5, 0.6) is 0 Å². The molecular weight excluding hydrogens is 286 g/mol. The summed E-state index contributed by atoms with van der Waals surface area (Å²) in [6.45, 7) is 2.92. The highest BCUT2D eigenvalue weighted by Gasteiger charge is 1.94. The Kier molecular flexibility index (Phi) is 7.93. The molecule has 0 amide bonds. The van der Waals surface area contributed by atoms with Gasteiger partial charge in [-0.15, -0.1) is 11.8 Å². The smallest absolute Gasteiger partial charge is 0.0474 e. The SMILES string of the molecule is COCCCNCCSc1cccc(Br)c1. The summed E-state index contributed by atoms with van der Waals surface area (Å²) in [5, 5.41) is 3.39. The maximum absolute atomic E-state index is 4.98. The van der Waals surface area contributed by atoms with E-state index in [2.05, 4.69) is 39.4 Å². The van der Waals surface area contributed by atoms with Crippen molar-refractivity contribution in [2.45, 2.75) is 11.3 Å². The van der Waals surface area contributed by atoms with E-state index in [-0.39, 0.29) is 0 Å². The molecule has 0 spiro atoms. The van der Waals surface area contributed by atoms with Gasteiger partial charge in [-0.2, -0.15) is 0 Å². The van der Waals surface area contributed by atoms with Crippen molar-refractivity contribution < 1.29 is 4.74 Å². The summed E-state index contributed by atoms with van der Waals surface area (Å²) < 4.78 is 6.12. The van der Waals surface area contributed by atoms with Crippen LogP contribution in [0.15, 0.2) is 33.6 Å². The number of benzene rings is 1. The van der Waals surface area contributed by atoms with Gasteiger partial charge in [-0.1, -0.05) is 22.0 Å². The van der Waals surface area contributed by atoms with Crippen molar-refractivity contribution in [2.24, 2.45) is 0 Å². The van der Waals surface area contributed by atoms with Crippen LogP contribution in [-0.4, -0.2) is 32.6 Å². The van der Waals surface area contributed by atoms with Gasteiger partial charge in [0.2, 0.25) is 0 Å². The van der Waals surface area contributed by atoms with E-state index in [0.717, 1.165) is 36.3 Å². The fraction of sp³-hybridized carbons (Fsp3) is 0.500. The second-order valence-corrected chi connectivity index (χ2v) is 5.49. The van der Waals surface area contributed by atoms with Gasteiger partial charge in [-0.25, -0.2) is 0 Å². The molecule has 0 heterocycles. The zero-order chi connectivity index (χ0) is 11.6. The first-order chi connectivity index (χ1) is 7.83. The largest absolute Gasteiger partial charge is 0.385 e. The summed E-state index contributed by atoms with van der Waals surface area (Å²) in [7, 11) is 1.74. The van der Waals surface area contributed by atoms with Gasteiger partial charge in [0, 0.05) is 35.4 Å². The molecule has 2 nitrogen and oxygen atoms in total. The molecule has 0 aliphatic carbocycles. The molecule has 0 saturated heterocycles. The minimum absolute atomic E-state index is 0.839. The molecule has 1 aromatic rings. The Morgan fingerprint density at radius 1 is 1.38 bits per heavy atom. The number of methoxy groups -OCH3 is 1. The van der Waals surface area contributed by atoms with Gasteiger partial charge in [0.15, 0.2) is 0 Å². The van der Waals surface area contributed by atoms with Gasteiger partial charge in [0.1, 0.15) is 0 Å². The Morgan fingerprint density at radius 3 is 3.00 bits per heavy atom. The summed E-state index contributed by atoms with van der Waals surface area (Å²) in [5.41, 5.74) is 0. The summed E-state index contributed by atoms with van der Waals surface area (Å²) in [4.78, 5) is 1.31. The Balaban J connectivity index is 2.03. The third kappa shape index (κ3) is 6.53.